The number of hydrogen-bond acceptors (Lipinski definition) is 3. The van der Waals surface area contributed by atoms with Crippen LogP contribution in [0.25, 0.3) is 5.57 Å². The van der Waals surface area contributed by atoms with E-state index in [9.17, 15) is 9.59 Å². The smallest absolute Gasteiger partial charge is 0.302 e. The molecule has 0 bridgehead atoms. The summed E-state index contributed by atoms with van der Waals surface area (Å²) in [7, 11) is 0. The molecule has 4 fully saturated rings. The number of benzene rings is 2. The zero-order chi connectivity index (χ0) is 29.6. The predicted molar refractivity (Wildman–Crippen MR) is 173 cm³/mol. The first-order valence-electron chi connectivity index (χ1n) is 16.3. The summed E-state index contributed by atoms with van der Waals surface area (Å²) in [5.41, 5.74) is 3.80. The van der Waals surface area contributed by atoms with Crippen LogP contribution in [0.2, 0.25) is 0 Å². The third-order valence-electron chi connectivity index (χ3n) is 12.4. The first-order chi connectivity index (χ1) is 20.1. The average molecular weight is 632 g/mol. The first-order valence-corrected chi connectivity index (χ1v) is 17.2. The lowest BCUT2D eigenvalue weighted by molar-refractivity contribution is -0.168. The second-order valence-electron chi connectivity index (χ2n) is 14.4. The number of fused-ring (bicyclic) bond motifs is 5. The van der Waals surface area contributed by atoms with E-state index < -0.39 is 0 Å². The van der Waals surface area contributed by atoms with Gasteiger partial charge < -0.3 is 4.74 Å². The summed E-state index contributed by atoms with van der Waals surface area (Å²) in [6.45, 7) is 8.79. The van der Waals surface area contributed by atoms with Crippen molar-refractivity contribution in [1.82, 2.24) is 0 Å². The number of esters is 1. The molecule has 4 heteroatoms. The number of carbonyl (C=O) groups excluding carboxylic acids is 2. The monoisotopic (exact) mass is 630 g/mol. The van der Waals surface area contributed by atoms with Gasteiger partial charge in [0.25, 0.3) is 0 Å². The van der Waals surface area contributed by atoms with Gasteiger partial charge in [-0.3, -0.25) is 9.59 Å². The van der Waals surface area contributed by atoms with Gasteiger partial charge in [-0.25, -0.2) is 0 Å². The molecular weight excluding hydrogens is 584 g/mol. The molecule has 0 aliphatic heterocycles. The highest BCUT2D eigenvalue weighted by atomic mass is 79.9. The summed E-state index contributed by atoms with van der Waals surface area (Å²) in [5.74, 6) is 2.90. The molecule has 6 rings (SSSR count). The average Bonchev–Trinajstić information content (AvgIpc) is 3.35. The molecule has 0 unspecified atom stereocenters. The van der Waals surface area contributed by atoms with Crippen molar-refractivity contribution in [2.24, 2.45) is 46.3 Å². The third kappa shape index (κ3) is 5.04. The largest absolute Gasteiger partial charge is 0.463 e. The van der Waals surface area contributed by atoms with Crippen molar-refractivity contribution in [3.8, 4) is 0 Å². The molecule has 10 atom stereocenters. The van der Waals surface area contributed by atoms with Crippen LogP contribution in [0.1, 0.15) is 90.2 Å². The Morgan fingerprint density at radius 2 is 1.62 bits per heavy atom. The van der Waals surface area contributed by atoms with Gasteiger partial charge in [0.15, 0.2) is 5.78 Å². The SMILES string of the molecule is CC(=O)O[C@@H]1CC[C@]2(C)[C@H](CC[C@H]3[C@H]4CC[C@@H]([C@@H](C)CC=C(c5ccccc5)c5ccccc5)[C@@]4(C)[C@@H](Br)C(=O)[C@@H]32)C1. The molecule has 42 heavy (non-hydrogen) atoms. The van der Waals surface area contributed by atoms with Gasteiger partial charge >= 0.3 is 5.97 Å². The number of carbonyl (C=O) groups is 2. The quantitative estimate of drug-likeness (QED) is 0.236. The molecule has 0 amide bonds. The van der Waals surface area contributed by atoms with Gasteiger partial charge in [-0.05, 0) is 108 Å². The second kappa shape index (κ2) is 11.7. The van der Waals surface area contributed by atoms with Crippen LogP contribution in [-0.2, 0) is 14.3 Å². The van der Waals surface area contributed by atoms with E-state index >= 15 is 0 Å². The molecule has 0 N–H and O–H groups in total. The Hall–Kier alpha value is -2.20. The third-order valence-corrected chi connectivity index (χ3v) is 13.8. The lowest BCUT2D eigenvalue weighted by Crippen LogP contribution is -2.62. The van der Waals surface area contributed by atoms with Crippen molar-refractivity contribution < 1.29 is 14.3 Å². The van der Waals surface area contributed by atoms with Crippen molar-refractivity contribution in [2.75, 3.05) is 0 Å². The molecule has 224 valence electrons. The van der Waals surface area contributed by atoms with Gasteiger partial charge in [0.2, 0.25) is 0 Å². The molecule has 0 radical (unpaired) electrons. The van der Waals surface area contributed by atoms with E-state index in [0.29, 0.717) is 35.4 Å². The van der Waals surface area contributed by atoms with Crippen molar-refractivity contribution in [2.45, 2.75) is 90.0 Å². The van der Waals surface area contributed by atoms with Crippen molar-refractivity contribution in [1.29, 1.82) is 0 Å². The minimum Gasteiger partial charge on any atom is -0.463 e. The number of hydrogen-bond donors (Lipinski definition) is 0. The standard InChI is InChI=1S/C38H47BrO3/c1-24(15-17-30(26-11-7-5-8-12-26)27-13-9-6-10-14-27)32-19-20-33-31-18-16-28-23-29(42-25(2)40)21-22-37(28,3)34(31)35(41)36(39)38(32,33)4/h5-14,17,24,28-29,31-34,36H,15-16,18-23H2,1-4H3/t24-,28+,29+,31-,32-,33+,34+,36-,37+,38+/m0/s1. The lowest BCUT2D eigenvalue weighted by Gasteiger charge is -2.61. The van der Waals surface area contributed by atoms with E-state index in [1.807, 2.05) is 0 Å². The lowest BCUT2D eigenvalue weighted by atomic mass is 9.44. The van der Waals surface area contributed by atoms with Crippen molar-refractivity contribution in [3.05, 3.63) is 77.9 Å². The topological polar surface area (TPSA) is 43.4 Å². The van der Waals surface area contributed by atoms with E-state index in [1.165, 1.54) is 36.5 Å². The van der Waals surface area contributed by atoms with E-state index in [0.717, 1.165) is 38.5 Å². The molecule has 2 aromatic rings. The molecule has 0 heterocycles. The minimum absolute atomic E-state index is 0.0106. The van der Waals surface area contributed by atoms with Crippen LogP contribution in [0.5, 0.6) is 0 Å². The molecule has 4 aliphatic rings. The van der Waals surface area contributed by atoms with Crippen molar-refractivity contribution >= 4 is 33.3 Å². The Morgan fingerprint density at radius 1 is 0.976 bits per heavy atom. The molecular formula is C38H47BrO3. The molecule has 4 saturated carbocycles. The summed E-state index contributed by atoms with van der Waals surface area (Å²) < 4.78 is 5.65. The van der Waals surface area contributed by atoms with Gasteiger partial charge in [-0.2, -0.15) is 0 Å². The number of rotatable bonds is 6. The van der Waals surface area contributed by atoms with Gasteiger partial charge in [-0.15, -0.1) is 0 Å². The highest BCUT2D eigenvalue weighted by molar-refractivity contribution is 9.10. The highest BCUT2D eigenvalue weighted by Crippen LogP contribution is 2.68. The molecule has 0 spiro atoms. The molecule has 3 nitrogen and oxygen atoms in total. The summed E-state index contributed by atoms with van der Waals surface area (Å²) in [6.07, 6.45) is 11.0. The summed E-state index contributed by atoms with van der Waals surface area (Å²) >= 11 is 4.09. The predicted octanol–water partition coefficient (Wildman–Crippen LogP) is 9.29. The maximum Gasteiger partial charge on any atom is 0.302 e. The number of Topliss-reactive ketones (excluding diaryl/α,β-unsaturated/α-hetero) is 1. The maximum absolute atomic E-state index is 14.5. The first kappa shape index (κ1) is 29.9. The second-order valence-corrected chi connectivity index (χ2v) is 15.3. The van der Waals surface area contributed by atoms with Crippen LogP contribution in [0.4, 0.5) is 0 Å². The van der Waals surface area contributed by atoms with Gasteiger partial charge in [0, 0.05) is 12.8 Å². The Labute approximate surface area is 261 Å². The van der Waals surface area contributed by atoms with Gasteiger partial charge in [0.1, 0.15) is 6.10 Å². The molecule has 4 aliphatic carbocycles. The van der Waals surface area contributed by atoms with E-state index in [1.54, 1.807) is 0 Å². The van der Waals surface area contributed by atoms with Crippen LogP contribution in [0, 0.1) is 46.3 Å². The fourth-order valence-electron chi connectivity index (χ4n) is 10.4. The number of ketones is 1. The fourth-order valence-corrected chi connectivity index (χ4v) is 11.3. The number of ether oxygens (including phenoxy) is 1. The Bertz CT molecular complexity index is 1280. The number of halogens is 1. The minimum atomic E-state index is -0.178. The zero-order valence-corrected chi connectivity index (χ0v) is 27.3. The zero-order valence-electron chi connectivity index (χ0n) is 25.7. The van der Waals surface area contributed by atoms with Crippen LogP contribution >= 0.6 is 15.9 Å². The van der Waals surface area contributed by atoms with Crippen LogP contribution in [-0.4, -0.2) is 22.7 Å². The highest BCUT2D eigenvalue weighted by Gasteiger charge is 2.66. The van der Waals surface area contributed by atoms with Crippen LogP contribution in [0.15, 0.2) is 66.7 Å². The van der Waals surface area contributed by atoms with Gasteiger partial charge in [-0.1, -0.05) is 103 Å². The fraction of sp³-hybridized carbons (Fsp3) is 0.579. The summed E-state index contributed by atoms with van der Waals surface area (Å²) in [6, 6.07) is 21.5. The Morgan fingerprint density at radius 3 is 2.24 bits per heavy atom. The maximum atomic E-state index is 14.5. The molecule has 2 aromatic carbocycles. The van der Waals surface area contributed by atoms with E-state index in [2.05, 4.69) is 103 Å². The van der Waals surface area contributed by atoms with Crippen molar-refractivity contribution in [3.63, 3.8) is 0 Å². The van der Waals surface area contributed by atoms with Gasteiger partial charge in [0.05, 0.1) is 4.83 Å². The molecule has 0 aromatic heterocycles. The normalized spacial score (nSPS) is 38.0. The summed E-state index contributed by atoms with van der Waals surface area (Å²) in [4.78, 5) is 26.1. The number of allylic oxidation sites excluding steroid dienone is 1. The summed E-state index contributed by atoms with van der Waals surface area (Å²) in [5, 5.41) is 0. The Balaban J connectivity index is 1.24. The number of alkyl halides is 1. The van der Waals surface area contributed by atoms with Crippen LogP contribution in [0.3, 0.4) is 0 Å². The Kier molecular flexibility index (Phi) is 8.32. The van der Waals surface area contributed by atoms with E-state index in [4.69, 9.17) is 4.74 Å². The molecule has 0 saturated heterocycles. The van der Waals surface area contributed by atoms with E-state index in [-0.39, 0.29) is 33.6 Å². The van der Waals surface area contributed by atoms with Crippen LogP contribution < -0.4 is 0 Å².